The highest BCUT2D eigenvalue weighted by Gasteiger charge is 2.08. The largest absolute Gasteiger partial charge is 0.393 e. The fraction of sp³-hybridized carbons (Fsp3) is 0.333. The molecule has 0 saturated heterocycles. The number of thiophene rings is 1. The van der Waals surface area contributed by atoms with Gasteiger partial charge in [0.1, 0.15) is 5.82 Å². The molecule has 1 unspecified atom stereocenters. The third kappa shape index (κ3) is 4.71. The maximum Gasteiger partial charge on any atom is 0.137 e. The van der Waals surface area contributed by atoms with Crippen molar-refractivity contribution in [1.82, 2.24) is 0 Å². The summed E-state index contributed by atoms with van der Waals surface area (Å²) in [5.74, 6) is -0.268. The van der Waals surface area contributed by atoms with Crippen LogP contribution in [0.1, 0.15) is 23.3 Å². The van der Waals surface area contributed by atoms with Gasteiger partial charge in [0.2, 0.25) is 0 Å². The smallest absolute Gasteiger partial charge is 0.137 e. The molecule has 0 aliphatic carbocycles. The Morgan fingerprint density at radius 1 is 1.32 bits per heavy atom. The van der Waals surface area contributed by atoms with Crippen molar-refractivity contribution in [3.63, 3.8) is 0 Å². The molecule has 0 aliphatic rings. The van der Waals surface area contributed by atoms with Crippen molar-refractivity contribution >= 4 is 27.3 Å². The number of hydrogen-bond acceptors (Lipinski definition) is 2. The van der Waals surface area contributed by atoms with Crippen LogP contribution in [0.25, 0.3) is 0 Å². The first-order valence-electron chi connectivity index (χ1n) is 6.29. The Kier molecular flexibility index (Phi) is 5.55. The number of aryl methyl sites for hydroxylation is 1. The minimum atomic E-state index is -0.364. The Morgan fingerprint density at radius 3 is 2.84 bits per heavy atom. The molecule has 0 aliphatic heterocycles. The highest BCUT2D eigenvalue weighted by Crippen LogP contribution is 2.19. The lowest BCUT2D eigenvalue weighted by molar-refractivity contribution is 0.162. The van der Waals surface area contributed by atoms with Crippen molar-refractivity contribution in [2.24, 2.45) is 0 Å². The molecule has 0 radical (unpaired) electrons. The van der Waals surface area contributed by atoms with Gasteiger partial charge in [-0.3, -0.25) is 0 Å². The summed E-state index contributed by atoms with van der Waals surface area (Å²) in [6.45, 7) is 0. The van der Waals surface area contributed by atoms with Gasteiger partial charge in [-0.2, -0.15) is 0 Å². The van der Waals surface area contributed by atoms with E-state index in [0.717, 1.165) is 24.8 Å². The topological polar surface area (TPSA) is 20.2 Å². The van der Waals surface area contributed by atoms with E-state index in [0.29, 0.717) is 10.9 Å². The van der Waals surface area contributed by atoms with Crippen LogP contribution in [-0.4, -0.2) is 11.2 Å². The van der Waals surface area contributed by atoms with Crippen molar-refractivity contribution in [3.05, 3.63) is 56.4 Å². The van der Waals surface area contributed by atoms with Gasteiger partial charge in [0.05, 0.1) is 10.6 Å². The molecule has 0 bridgehead atoms. The van der Waals surface area contributed by atoms with Gasteiger partial charge < -0.3 is 5.11 Å². The van der Waals surface area contributed by atoms with Crippen molar-refractivity contribution in [3.8, 4) is 0 Å². The van der Waals surface area contributed by atoms with Crippen molar-refractivity contribution in [1.29, 1.82) is 0 Å². The fourth-order valence-corrected chi connectivity index (χ4v) is 3.18. The second kappa shape index (κ2) is 7.17. The molecule has 1 atom stereocenters. The minimum Gasteiger partial charge on any atom is -0.393 e. The molecule has 102 valence electrons. The lowest BCUT2D eigenvalue weighted by Crippen LogP contribution is -2.10. The van der Waals surface area contributed by atoms with Crippen LogP contribution in [0.4, 0.5) is 4.39 Å². The van der Waals surface area contributed by atoms with Gasteiger partial charge >= 0.3 is 0 Å². The third-order valence-corrected chi connectivity index (χ3v) is 4.54. The van der Waals surface area contributed by atoms with E-state index in [-0.39, 0.29) is 11.9 Å². The monoisotopic (exact) mass is 342 g/mol. The lowest BCUT2D eigenvalue weighted by Gasteiger charge is -2.10. The van der Waals surface area contributed by atoms with Gasteiger partial charge in [-0.05, 0) is 70.8 Å². The average molecular weight is 343 g/mol. The number of halogens is 2. The van der Waals surface area contributed by atoms with Gasteiger partial charge in [0.25, 0.3) is 0 Å². The van der Waals surface area contributed by atoms with E-state index in [4.69, 9.17) is 0 Å². The van der Waals surface area contributed by atoms with E-state index in [1.54, 1.807) is 23.5 Å². The molecule has 1 heterocycles. The fourth-order valence-electron chi connectivity index (χ4n) is 2.01. The molecule has 2 aromatic rings. The number of hydrogen-bond donors (Lipinski definition) is 1. The van der Waals surface area contributed by atoms with Gasteiger partial charge in [0.15, 0.2) is 0 Å². The first-order valence-corrected chi connectivity index (χ1v) is 7.97. The molecule has 1 aromatic carbocycles. The molecule has 0 saturated carbocycles. The molecule has 2 rings (SSSR count). The van der Waals surface area contributed by atoms with Crippen molar-refractivity contribution < 1.29 is 9.50 Å². The van der Waals surface area contributed by atoms with Crippen LogP contribution in [0, 0.1) is 5.82 Å². The molecule has 1 aromatic heterocycles. The third-order valence-electron chi connectivity index (χ3n) is 3.00. The van der Waals surface area contributed by atoms with Crippen molar-refractivity contribution in [2.75, 3.05) is 0 Å². The summed E-state index contributed by atoms with van der Waals surface area (Å²) in [7, 11) is 0. The van der Waals surface area contributed by atoms with E-state index in [9.17, 15) is 9.50 Å². The van der Waals surface area contributed by atoms with Gasteiger partial charge in [-0.1, -0.05) is 12.1 Å². The predicted molar refractivity (Wildman–Crippen MR) is 81.1 cm³/mol. The van der Waals surface area contributed by atoms with Gasteiger partial charge in [-0.25, -0.2) is 4.39 Å². The summed E-state index contributed by atoms with van der Waals surface area (Å²) in [6, 6.07) is 9.05. The number of rotatable bonds is 6. The van der Waals surface area contributed by atoms with E-state index in [1.807, 2.05) is 6.07 Å². The van der Waals surface area contributed by atoms with Gasteiger partial charge in [0, 0.05) is 4.88 Å². The zero-order valence-corrected chi connectivity index (χ0v) is 12.9. The molecular formula is C15H16BrFOS. The Balaban J connectivity index is 1.77. The van der Waals surface area contributed by atoms with Crippen LogP contribution < -0.4 is 0 Å². The molecule has 0 spiro atoms. The highest BCUT2D eigenvalue weighted by atomic mass is 79.9. The summed E-state index contributed by atoms with van der Waals surface area (Å²) in [4.78, 5) is 1.36. The SMILES string of the molecule is OC(CCCc1cccs1)Cc1ccc(F)c(Br)c1. The molecule has 1 N–H and O–H groups in total. The number of aliphatic hydroxyl groups excluding tert-OH is 1. The van der Waals surface area contributed by atoms with Crippen LogP contribution in [0.3, 0.4) is 0 Å². The lowest BCUT2D eigenvalue weighted by atomic mass is 10.0. The molecule has 0 fully saturated rings. The molecule has 0 amide bonds. The normalized spacial score (nSPS) is 12.6. The Hall–Kier alpha value is -0.710. The second-order valence-electron chi connectivity index (χ2n) is 4.58. The second-order valence-corrected chi connectivity index (χ2v) is 6.46. The number of benzene rings is 1. The van der Waals surface area contributed by atoms with E-state index >= 15 is 0 Å². The summed E-state index contributed by atoms with van der Waals surface area (Å²) in [5, 5.41) is 12.1. The molecule has 1 nitrogen and oxygen atoms in total. The Bertz CT molecular complexity index is 513. The van der Waals surface area contributed by atoms with E-state index < -0.39 is 0 Å². The van der Waals surface area contributed by atoms with Crippen LogP contribution in [-0.2, 0) is 12.8 Å². The molecule has 19 heavy (non-hydrogen) atoms. The Labute approximate surface area is 125 Å². The van der Waals surface area contributed by atoms with Crippen molar-refractivity contribution in [2.45, 2.75) is 31.8 Å². The zero-order chi connectivity index (χ0) is 13.7. The van der Waals surface area contributed by atoms with Crippen LogP contribution in [0.2, 0.25) is 0 Å². The van der Waals surface area contributed by atoms with Crippen LogP contribution in [0.5, 0.6) is 0 Å². The summed E-state index contributed by atoms with van der Waals surface area (Å²) in [5.41, 5.74) is 0.955. The molecular weight excluding hydrogens is 327 g/mol. The van der Waals surface area contributed by atoms with Gasteiger partial charge in [-0.15, -0.1) is 11.3 Å². The summed E-state index contributed by atoms with van der Waals surface area (Å²) < 4.78 is 13.5. The quantitative estimate of drug-likeness (QED) is 0.814. The minimum absolute atomic E-state index is 0.268. The first kappa shape index (κ1) is 14.7. The van der Waals surface area contributed by atoms with Crippen LogP contribution in [0.15, 0.2) is 40.2 Å². The van der Waals surface area contributed by atoms with E-state index in [1.165, 1.54) is 10.9 Å². The molecule has 4 heteroatoms. The Morgan fingerprint density at radius 2 is 2.16 bits per heavy atom. The highest BCUT2D eigenvalue weighted by molar-refractivity contribution is 9.10. The predicted octanol–water partition coefficient (Wildman–Crippen LogP) is 4.58. The standard InChI is InChI=1S/C15H16BrFOS/c16-14-10-11(6-7-15(14)17)9-12(18)3-1-4-13-5-2-8-19-13/h2,5-8,10,12,18H,1,3-4,9H2. The summed E-state index contributed by atoms with van der Waals surface area (Å²) in [6.07, 6.45) is 2.97. The maximum atomic E-state index is 13.1. The van der Waals surface area contributed by atoms with Crippen LogP contribution >= 0.6 is 27.3 Å². The summed E-state index contributed by atoms with van der Waals surface area (Å²) >= 11 is 4.91. The zero-order valence-electron chi connectivity index (χ0n) is 10.5. The maximum absolute atomic E-state index is 13.1. The first-order chi connectivity index (χ1) is 9.15. The number of aliphatic hydroxyl groups is 1. The average Bonchev–Trinajstić information content (AvgIpc) is 2.87. The van der Waals surface area contributed by atoms with E-state index in [2.05, 4.69) is 27.4 Å².